The van der Waals surface area contributed by atoms with Crippen molar-refractivity contribution in [1.29, 1.82) is 0 Å². The van der Waals surface area contributed by atoms with Gasteiger partial charge < -0.3 is 19.1 Å². The first-order valence-electron chi connectivity index (χ1n) is 11.2. The summed E-state index contributed by atoms with van der Waals surface area (Å²) in [6.07, 6.45) is 2.27. The van der Waals surface area contributed by atoms with Crippen LogP contribution in [-0.4, -0.2) is 42.2 Å². The van der Waals surface area contributed by atoms with Crippen LogP contribution < -0.4 is 9.64 Å². The molecule has 2 heterocycles. The topological polar surface area (TPSA) is 58.8 Å². The molecule has 6 nitrogen and oxygen atoms in total. The van der Waals surface area contributed by atoms with Crippen LogP contribution in [0.5, 0.6) is 5.75 Å². The molecule has 0 N–H and O–H groups in total. The summed E-state index contributed by atoms with van der Waals surface area (Å²) in [6.45, 7) is 8.45. The van der Waals surface area contributed by atoms with Crippen LogP contribution >= 0.6 is 0 Å². The van der Waals surface area contributed by atoms with Crippen LogP contribution in [0.25, 0.3) is 11.3 Å². The van der Waals surface area contributed by atoms with E-state index in [9.17, 15) is 4.79 Å². The Morgan fingerprint density at radius 3 is 2.53 bits per heavy atom. The summed E-state index contributed by atoms with van der Waals surface area (Å²) in [5, 5.41) is 4.46. The molecule has 0 atom stereocenters. The minimum atomic E-state index is -0.0395. The van der Waals surface area contributed by atoms with Gasteiger partial charge in [-0.3, -0.25) is 4.79 Å². The molecule has 1 aliphatic rings. The predicted octanol–water partition coefficient (Wildman–Crippen LogP) is 5.31. The molecule has 1 saturated heterocycles. The van der Waals surface area contributed by atoms with Crippen LogP contribution in [0.15, 0.2) is 53.1 Å². The van der Waals surface area contributed by atoms with Gasteiger partial charge in [-0.15, -0.1) is 0 Å². The molecule has 0 spiro atoms. The standard InChI is InChI=1S/C26H31N3O3/c1-18(2)29(25(30)21-8-7-9-22(16-21)31-4)17-23-24(20-12-10-19(3)11-13-20)27-32-26(23)28-14-5-6-15-28/h7-13,16,18H,5-6,14-15,17H2,1-4H3. The maximum Gasteiger partial charge on any atom is 0.254 e. The molecule has 32 heavy (non-hydrogen) atoms. The number of methoxy groups -OCH3 is 1. The summed E-state index contributed by atoms with van der Waals surface area (Å²) in [6, 6.07) is 15.6. The van der Waals surface area contributed by atoms with Gasteiger partial charge in [-0.1, -0.05) is 41.1 Å². The molecule has 0 aliphatic carbocycles. The van der Waals surface area contributed by atoms with Crippen LogP contribution in [0.3, 0.4) is 0 Å². The van der Waals surface area contributed by atoms with Crippen molar-refractivity contribution in [2.75, 3.05) is 25.1 Å². The van der Waals surface area contributed by atoms with Gasteiger partial charge in [-0.05, 0) is 51.8 Å². The maximum absolute atomic E-state index is 13.5. The SMILES string of the molecule is COc1cccc(C(=O)N(Cc2c(-c3ccc(C)cc3)noc2N2CCCC2)C(C)C)c1. The Labute approximate surface area is 189 Å². The molecule has 3 aromatic rings. The zero-order chi connectivity index (χ0) is 22.7. The number of carbonyl (C=O) groups is 1. The monoisotopic (exact) mass is 433 g/mol. The molecule has 0 saturated carbocycles. The third kappa shape index (κ3) is 4.49. The minimum absolute atomic E-state index is 0.000830. The zero-order valence-electron chi connectivity index (χ0n) is 19.3. The summed E-state index contributed by atoms with van der Waals surface area (Å²) in [4.78, 5) is 17.6. The zero-order valence-corrected chi connectivity index (χ0v) is 19.3. The van der Waals surface area contributed by atoms with Gasteiger partial charge in [0.2, 0.25) is 5.88 Å². The third-order valence-corrected chi connectivity index (χ3v) is 6.02. The van der Waals surface area contributed by atoms with E-state index in [1.165, 1.54) is 5.56 Å². The van der Waals surface area contributed by atoms with Gasteiger partial charge in [-0.2, -0.15) is 0 Å². The van der Waals surface area contributed by atoms with Crippen LogP contribution in [0.1, 0.15) is 48.2 Å². The predicted molar refractivity (Wildman–Crippen MR) is 126 cm³/mol. The average Bonchev–Trinajstić information content (AvgIpc) is 3.47. The number of anilines is 1. The molecule has 2 aromatic carbocycles. The van der Waals surface area contributed by atoms with E-state index in [4.69, 9.17) is 9.26 Å². The second kappa shape index (κ2) is 9.47. The number of amides is 1. The van der Waals surface area contributed by atoms with Crippen molar-refractivity contribution in [2.45, 2.75) is 46.2 Å². The first kappa shape index (κ1) is 21.9. The number of benzene rings is 2. The fourth-order valence-corrected chi connectivity index (χ4v) is 4.13. The van der Waals surface area contributed by atoms with Gasteiger partial charge in [0.05, 0.1) is 19.2 Å². The molecule has 0 unspecified atom stereocenters. The molecule has 0 radical (unpaired) electrons. The smallest absolute Gasteiger partial charge is 0.254 e. The van der Waals surface area contributed by atoms with Crippen molar-refractivity contribution in [2.24, 2.45) is 0 Å². The number of aromatic nitrogens is 1. The maximum atomic E-state index is 13.5. The number of aryl methyl sites for hydroxylation is 1. The number of carbonyl (C=O) groups excluding carboxylic acids is 1. The van der Waals surface area contributed by atoms with Gasteiger partial charge in [0.1, 0.15) is 11.4 Å². The van der Waals surface area contributed by atoms with Crippen molar-refractivity contribution in [3.63, 3.8) is 0 Å². The Morgan fingerprint density at radius 1 is 1.16 bits per heavy atom. The van der Waals surface area contributed by atoms with Crippen LogP contribution in [0.2, 0.25) is 0 Å². The highest BCUT2D eigenvalue weighted by atomic mass is 16.5. The molecule has 4 rings (SSSR count). The summed E-state index contributed by atoms with van der Waals surface area (Å²) in [5.74, 6) is 1.41. The molecule has 1 aromatic heterocycles. The van der Waals surface area contributed by atoms with E-state index in [0.29, 0.717) is 17.9 Å². The molecule has 1 aliphatic heterocycles. The highest BCUT2D eigenvalue weighted by Crippen LogP contribution is 2.35. The Balaban J connectivity index is 1.73. The molecule has 168 valence electrons. The summed E-state index contributed by atoms with van der Waals surface area (Å²) in [5.41, 5.74) is 4.55. The molecular weight excluding hydrogens is 402 g/mol. The second-order valence-electron chi connectivity index (χ2n) is 8.63. The minimum Gasteiger partial charge on any atom is -0.497 e. The lowest BCUT2D eigenvalue weighted by Gasteiger charge is -2.28. The fourth-order valence-electron chi connectivity index (χ4n) is 4.13. The van der Waals surface area contributed by atoms with Crippen LogP contribution in [0.4, 0.5) is 5.88 Å². The second-order valence-corrected chi connectivity index (χ2v) is 8.63. The third-order valence-electron chi connectivity index (χ3n) is 6.02. The molecule has 6 heteroatoms. The van der Waals surface area contributed by atoms with Gasteiger partial charge in [-0.25, -0.2) is 0 Å². The summed E-state index contributed by atoms with van der Waals surface area (Å²) >= 11 is 0. The summed E-state index contributed by atoms with van der Waals surface area (Å²) < 4.78 is 11.2. The Bertz CT molecular complexity index is 1070. The van der Waals surface area contributed by atoms with E-state index in [1.54, 1.807) is 13.2 Å². The lowest BCUT2D eigenvalue weighted by molar-refractivity contribution is 0.0690. The number of rotatable bonds is 7. The molecule has 1 amide bonds. The number of hydrogen-bond donors (Lipinski definition) is 0. The largest absolute Gasteiger partial charge is 0.497 e. The first-order chi connectivity index (χ1) is 15.5. The van der Waals surface area contributed by atoms with E-state index in [-0.39, 0.29) is 11.9 Å². The van der Waals surface area contributed by atoms with Gasteiger partial charge >= 0.3 is 0 Å². The van der Waals surface area contributed by atoms with E-state index in [1.807, 2.05) is 36.9 Å². The highest BCUT2D eigenvalue weighted by Gasteiger charge is 2.29. The van der Waals surface area contributed by atoms with E-state index in [2.05, 4.69) is 41.2 Å². The Morgan fingerprint density at radius 2 is 1.88 bits per heavy atom. The quantitative estimate of drug-likeness (QED) is 0.505. The van der Waals surface area contributed by atoms with Gasteiger partial charge in [0.25, 0.3) is 5.91 Å². The van der Waals surface area contributed by atoms with Crippen molar-refractivity contribution in [1.82, 2.24) is 10.1 Å². The van der Waals surface area contributed by atoms with Gasteiger partial charge in [0.15, 0.2) is 0 Å². The molecule has 1 fully saturated rings. The van der Waals surface area contributed by atoms with Crippen LogP contribution in [-0.2, 0) is 6.54 Å². The lowest BCUT2D eigenvalue weighted by atomic mass is 10.0. The van der Waals surface area contributed by atoms with Crippen molar-refractivity contribution >= 4 is 11.8 Å². The average molecular weight is 434 g/mol. The lowest BCUT2D eigenvalue weighted by Crippen LogP contribution is -2.37. The number of nitrogens with zero attached hydrogens (tertiary/aromatic N) is 3. The number of hydrogen-bond acceptors (Lipinski definition) is 5. The first-order valence-corrected chi connectivity index (χ1v) is 11.2. The molecular formula is C26H31N3O3. The molecule has 0 bridgehead atoms. The summed E-state index contributed by atoms with van der Waals surface area (Å²) in [7, 11) is 1.61. The Hall–Kier alpha value is -3.28. The van der Waals surface area contributed by atoms with Crippen LogP contribution in [0, 0.1) is 6.92 Å². The van der Waals surface area contributed by atoms with Crippen molar-refractivity contribution < 1.29 is 14.1 Å². The number of ether oxygens (including phenoxy) is 1. The van der Waals surface area contributed by atoms with E-state index in [0.717, 1.165) is 48.6 Å². The van der Waals surface area contributed by atoms with Crippen molar-refractivity contribution in [3.05, 3.63) is 65.2 Å². The Kier molecular flexibility index (Phi) is 6.49. The fraction of sp³-hybridized carbons (Fsp3) is 0.385. The van der Waals surface area contributed by atoms with Gasteiger partial charge in [0, 0.05) is 30.3 Å². The van der Waals surface area contributed by atoms with E-state index < -0.39 is 0 Å². The highest BCUT2D eigenvalue weighted by molar-refractivity contribution is 5.95. The normalized spacial score (nSPS) is 13.6. The van der Waals surface area contributed by atoms with E-state index >= 15 is 0 Å². The van der Waals surface area contributed by atoms with Crippen molar-refractivity contribution in [3.8, 4) is 17.0 Å².